The molecule has 0 saturated heterocycles. The van der Waals surface area contributed by atoms with E-state index in [1.54, 1.807) is 6.08 Å². The van der Waals surface area contributed by atoms with Crippen LogP contribution in [0.2, 0.25) is 0 Å². The summed E-state index contributed by atoms with van der Waals surface area (Å²) in [7, 11) is 0. The van der Waals surface area contributed by atoms with Gasteiger partial charge in [-0.2, -0.15) is 0 Å². The van der Waals surface area contributed by atoms with E-state index in [1.807, 2.05) is 31.2 Å². The van der Waals surface area contributed by atoms with Gasteiger partial charge in [0.15, 0.2) is 0 Å². The molecule has 0 heterocycles. The number of nitrogens with one attached hydrogen (secondary N) is 1. The molecule has 1 amide bonds. The molecule has 0 radical (unpaired) electrons. The summed E-state index contributed by atoms with van der Waals surface area (Å²) in [5.41, 5.74) is 4.65. The fourth-order valence-electron chi connectivity index (χ4n) is 3.78. The minimum absolute atomic E-state index is 0.0169. The van der Waals surface area contributed by atoms with Gasteiger partial charge in [-0.3, -0.25) is 0 Å². The molecule has 0 saturated carbocycles. The average molecular weight is 408 g/mol. The van der Waals surface area contributed by atoms with E-state index in [-0.39, 0.29) is 19.1 Å². The summed E-state index contributed by atoms with van der Waals surface area (Å²) in [5.74, 6) is -0.449. The first-order valence-electron chi connectivity index (χ1n) is 10.5. The summed E-state index contributed by atoms with van der Waals surface area (Å²) < 4.78 is 10.8. The van der Waals surface area contributed by atoms with Gasteiger partial charge in [-0.1, -0.05) is 74.4 Å². The molecule has 1 atom stereocenters. The first-order chi connectivity index (χ1) is 14.7. The molecule has 1 aliphatic rings. The Labute approximate surface area is 178 Å². The first-order valence-corrected chi connectivity index (χ1v) is 10.5. The standard InChI is InChI=1S/C25H29NO4/c1-3-5-15-23(24(27)29-16-6-4-2)26-25(28)30-17-22-20-13-9-7-11-18(20)19-12-8-10-14-21(19)22/h4,7-14,22-23H,2-3,5-6,15-17H2,1H3,(H,26,28)/t23-/m1/s1. The van der Waals surface area contributed by atoms with Gasteiger partial charge in [-0.25, -0.2) is 9.59 Å². The molecule has 30 heavy (non-hydrogen) atoms. The molecule has 5 heteroatoms. The molecule has 5 nitrogen and oxygen atoms in total. The molecule has 158 valence electrons. The van der Waals surface area contributed by atoms with E-state index in [9.17, 15) is 9.59 Å². The van der Waals surface area contributed by atoms with E-state index in [4.69, 9.17) is 9.47 Å². The van der Waals surface area contributed by atoms with E-state index in [0.717, 1.165) is 24.0 Å². The van der Waals surface area contributed by atoms with E-state index in [0.29, 0.717) is 12.8 Å². The van der Waals surface area contributed by atoms with Crippen molar-refractivity contribution in [3.05, 3.63) is 72.3 Å². The lowest BCUT2D eigenvalue weighted by atomic mass is 9.98. The molecule has 1 aliphatic carbocycles. The zero-order valence-corrected chi connectivity index (χ0v) is 17.4. The van der Waals surface area contributed by atoms with Crippen LogP contribution in [0.5, 0.6) is 0 Å². The number of unbranched alkanes of at least 4 members (excludes halogenated alkanes) is 1. The van der Waals surface area contributed by atoms with E-state index in [2.05, 4.69) is 36.2 Å². The zero-order chi connectivity index (χ0) is 21.3. The van der Waals surface area contributed by atoms with Crippen LogP contribution in [0.15, 0.2) is 61.2 Å². The number of alkyl carbamates (subject to hydrolysis) is 1. The first kappa shape index (κ1) is 21.6. The second kappa shape index (κ2) is 10.6. The highest BCUT2D eigenvalue weighted by Crippen LogP contribution is 2.44. The third-order valence-electron chi connectivity index (χ3n) is 5.33. The summed E-state index contributed by atoms with van der Waals surface area (Å²) >= 11 is 0. The lowest BCUT2D eigenvalue weighted by molar-refractivity contribution is -0.146. The number of carbonyl (C=O) groups is 2. The van der Waals surface area contributed by atoms with Crippen LogP contribution in [-0.2, 0) is 14.3 Å². The van der Waals surface area contributed by atoms with Crippen molar-refractivity contribution in [1.82, 2.24) is 5.32 Å². The number of benzene rings is 2. The highest BCUT2D eigenvalue weighted by atomic mass is 16.6. The molecule has 2 aromatic rings. The summed E-state index contributed by atoms with van der Waals surface area (Å²) in [6.45, 7) is 6.12. The van der Waals surface area contributed by atoms with E-state index >= 15 is 0 Å². The van der Waals surface area contributed by atoms with E-state index in [1.165, 1.54) is 11.1 Å². The summed E-state index contributed by atoms with van der Waals surface area (Å²) in [5, 5.41) is 2.69. The third kappa shape index (κ3) is 5.09. The monoisotopic (exact) mass is 407 g/mol. The van der Waals surface area contributed by atoms with Crippen LogP contribution in [0, 0.1) is 0 Å². The van der Waals surface area contributed by atoms with Gasteiger partial charge in [-0.05, 0) is 35.1 Å². The van der Waals surface area contributed by atoms with Crippen molar-refractivity contribution in [1.29, 1.82) is 0 Å². The van der Waals surface area contributed by atoms with Gasteiger partial charge in [-0.15, -0.1) is 6.58 Å². The van der Waals surface area contributed by atoms with Gasteiger partial charge in [0.1, 0.15) is 12.6 Å². The van der Waals surface area contributed by atoms with Crippen molar-refractivity contribution >= 4 is 12.1 Å². The number of hydrogen-bond acceptors (Lipinski definition) is 4. The summed E-state index contributed by atoms with van der Waals surface area (Å²) in [4.78, 5) is 24.8. The number of esters is 1. The van der Waals surface area contributed by atoms with Crippen LogP contribution >= 0.6 is 0 Å². The molecule has 0 spiro atoms. The van der Waals surface area contributed by atoms with Gasteiger partial charge in [0.2, 0.25) is 0 Å². The second-order valence-electron chi connectivity index (χ2n) is 7.41. The highest BCUT2D eigenvalue weighted by molar-refractivity contribution is 5.82. The van der Waals surface area contributed by atoms with Crippen LogP contribution in [-0.4, -0.2) is 31.3 Å². The third-order valence-corrected chi connectivity index (χ3v) is 5.33. The Hall–Kier alpha value is -3.08. The molecule has 0 aromatic heterocycles. The van der Waals surface area contributed by atoms with Crippen LogP contribution in [0.3, 0.4) is 0 Å². The normalized spacial score (nSPS) is 13.1. The number of hydrogen-bond donors (Lipinski definition) is 1. The highest BCUT2D eigenvalue weighted by Gasteiger charge is 2.29. The minimum atomic E-state index is -0.703. The van der Waals surface area contributed by atoms with E-state index < -0.39 is 18.1 Å². The molecule has 0 unspecified atom stereocenters. The lowest BCUT2D eigenvalue weighted by Gasteiger charge is -2.19. The Morgan fingerprint density at radius 3 is 2.30 bits per heavy atom. The Morgan fingerprint density at radius 2 is 1.70 bits per heavy atom. The lowest BCUT2D eigenvalue weighted by Crippen LogP contribution is -2.42. The van der Waals surface area contributed by atoms with Crippen molar-refractivity contribution in [2.75, 3.05) is 13.2 Å². The van der Waals surface area contributed by atoms with Crippen molar-refractivity contribution in [3.8, 4) is 11.1 Å². The fourth-order valence-corrected chi connectivity index (χ4v) is 3.78. The predicted octanol–water partition coefficient (Wildman–Crippen LogP) is 5.20. The van der Waals surface area contributed by atoms with Crippen LogP contribution in [0.25, 0.3) is 11.1 Å². The number of rotatable bonds is 10. The molecule has 0 aliphatic heterocycles. The van der Waals surface area contributed by atoms with Crippen LogP contribution in [0.1, 0.15) is 49.7 Å². The fraction of sp³-hybridized carbons (Fsp3) is 0.360. The molecular weight excluding hydrogens is 378 g/mol. The summed E-state index contributed by atoms with van der Waals surface area (Å²) in [6.07, 6.45) is 3.92. The molecule has 2 aromatic carbocycles. The van der Waals surface area contributed by atoms with Gasteiger partial charge in [0.05, 0.1) is 6.61 Å². The Morgan fingerprint density at radius 1 is 1.07 bits per heavy atom. The predicted molar refractivity (Wildman–Crippen MR) is 117 cm³/mol. The smallest absolute Gasteiger partial charge is 0.407 e. The molecule has 1 N–H and O–H groups in total. The maximum atomic E-state index is 12.5. The van der Waals surface area contributed by atoms with Crippen molar-refractivity contribution in [2.24, 2.45) is 0 Å². The second-order valence-corrected chi connectivity index (χ2v) is 7.41. The number of ether oxygens (including phenoxy) is 2. The number of fused-ring (bicyclic) bond motifs is 3. The molecule has 0 fully saturated rings. The molecular formula is C25H29NO4. The topological polar surface area (TPSA) is 64.6 Å². The average Bonchev–Trinajstić information content (AvgIpc) is 3.09. The Kier molecular flexibility index (Phi) is 7.66. The maximum Gasteiger partial charge on any atom is 0.407 e. The SMILES string of the molecule is C=CCCOC(=O)[C@@H](CCCC)NC(=O)OCC1c2ccccc2-c2ccccc21. The quantitative estimate of drug-likeness (QED) is 0.334. The van der Waals surface area contributed by atoms with Gasteiger partial charge in [0.25, 0.3) is 0 Å². The number of carbonyl (C=O) groups excluding carboxylic acids is 2. The van der Waals surface area contributed by atoms with Crippen molar-refractivity contribution in [3.63, 3.8) is 0 Å². The van der Waals surface area contributed by atoms with Crippen molar-refractivity contribution < 1.29 is 19.1 Å². The van der Waals surface area contributed by atoms with Crippen LogP contribution in [0.4, 0.5) is 4.79 Å². The minimum Gasteiger partial charge on any atom is -0.464 e. The largest absolute Gasteiger partial charge is 0.464 e. The molecule has 0 bridgehead atoms. The summed E-state index contributed by atoms with van der Waals surface area (Å²) in [6, 6.07) is 15.7. The van der Waals surface area contributed by atoms with Gasteiger partial charge >= 0.3 is 12.1 Å². The maximum absolute atomic E-state index is 12.5. The Bertz CT molecular complexity index is 847. The van der Waals surface area contributed by atoms with Crippen LogP contribution < -0.4 is 5.32 Å². The Balaban J connectivity index is 1.62. The van der Waals surface area contributed by atoms with Gasteiger partial charge < -0.3 is 14.8 Å². The zero-order valence-electron chi connectivity index (χ0n) is 17.4. The van der Waals surface area contributed by atoms with Gasteiger partial charge in [0, 0.05) is 5.92 Å². The van der Waals surface area contributed by atoms with Crippen molar-refractivity contribution in [2.45, 2.75) is 44.6 Å². The number of amides is 1. The molecule has 3 rings (SSSR count).